The van der Waals surface area contributed by atoms with E-state index in [1.165, 1.54) is 11.3 Å². The van der Waals surface area contributed by atoms with Crippen molar-refractivity contribution in [1.29, 1.82) is 0 Å². The van der Waals surface area contributed by atoms with Crippen LogP contribution in [0, 0.1) is 0 Å². The Labute approximate surface area is 319 Å². The number of likely N-dealkylation sites (tertiary alicyclic amines) is 1. The van der Waals surface area contributed by atoms with Gasteiger partial charge in [-0.25, -0.2) is 4.79 Å². The van der Waals surface area contributed by atoms with Gasteiger partial charge in [0.1, 0.15) is 6.10 Å². The fourth-order valence-electron chi connectivity index (χ4n) is 6.34. The van der Waals surface area contributed by atoms with Crippen LogP contribution in [0.3, 0.4) is 0 Å². The molecule has 4 rings (SSSR count). The summed E-state index contributed by atoms with van der Waals surface area (Å²) in [4.78, 5) is 59.5. The van der Waals surface area contributed by atoms with E-state index in [0.29, 0.717) is 39.0 Å². The molecule has 2 aromatic carbocycles. The largest absolute Gasteiger partial charge is 0.446 e. The zero-order valence-corrected chi connectivity index (χ0v) is 32.8. The summed E-state index contributed by atoms with van der Waals surface area (Å²) in [6.45, 7) is 7.82. The molecule has 4 amide bonds. The summed E-state index contributed by atoms with van der Waals surface area (Å²) in [5.74, 6) is 0.300. The number of piperidine rings is 1. The third-order valence-corrected chi connectivity index (χ3v) is 10.8. The van der Waals surface area contributed by atoms with Crippen molar-refractivity contribution in [2.75, 3.05) is 72.3 Å². The predicted octanol–water partition coefficient (Wildman–Crippen LogP) is 6.57. The molecule has 1 saturated heterocycles. The van der Waals surface area contributed by atoms with Crippen molar-refractivity contribution in [2.45, 2.75) is 70.9 Å². The van der Waals surface area contributed by atoms with Gasteiger partial charge in [-0.15, -0.1) is 11.3 Å². The summed E-state index contributed by atoms with van der Waals surface area (Å²) < 4.78 is 5.77. The van der Waals surface area contributed by atoms with Crippen LogP contribution < -0.4 is 10.6 Å². The van der Waals surface area contributed by atoms with Gasteiger partial charge in [0.2, 0.25) is 11.8 Å². The molecule has 0 unspecified atom stereocenters. The minimum absolute atomic E-state index is 0.0123. The van der Waals surface area contributed by atoms with Crippen LogP contribution in [0.5, 0.6) is 0 Å². The number of hydrogen-bond donors (Lipinski definition) is 2. The first-order chi connectivity index (χ1) is 25.6. The first kappa shape index (κ1) is 41.5. The lowest BCUT2D eigenvalue weighted by Gasteiger charge is -2.32. The van der Waals surface area contributed by atoms with Gasteiger partial charge in [-0.3, -0.25) is 19.7 Å². The Balaban J connectivity index is 1.02. The van der Waals surface area contributed by atoms with Crippen LogP contribution in [0.25, 0.3) is 11.1 Å². The third-order valence-electron chi connectivity index (χ3n) is 9.71. The number of carbonyl (C=O) groups excluding carboxylic acids is 4. The molecule has 1 aliphatic heterocycles. The Morgan fingerprint density at radius 2 is 1.49 bits per heavy atom. The number of benzene rings is 2. The number of anilines is 1. The molecule has 3 aromatic rings. The first-order valence-electron chi connectivity index (χ1n) is 19.0. The number of nitrogens with one attached hydrogen (secondary N) is 2. The van der Waals surface area contributed by atoms with E-state index in [1.54, 1.807) is 16.8 Å². The molecular weight excluding hydrogens is 689 g/mol. The normalized spacial score (nSPS) is 13.4. The van der Waals surface area contributed by atoms with Crippen molar-refractivity contribution in [3.05, 3.63) is 76.5 Å². The molecule has 2 N–H and O–H groups in total. The summed E-state index contributed by atoms with van der Waals surface area (Å²) >= 11 is 1.52. The zero-order chi connectivity index (χ0) is 38.0. The molecule has 1 aromatic heterocycles. The number of carbonyl (C=O) groups is 4. The van der Waals surface area contributed by atoms with Gasteiger partial charge in [-0.1, -0.05) is 61.9 Å². The zero-order valence-electron chi connectivity index (χ0n) is 32.0. The SMILES string of the molecule is CCC(=O)N(C)CCCN(C)C(=O)c1ccc(CNCCCCCC(=O)N(C)CCN2CCC(OC(=O)Nc3ccccc3-c3ccccc3)CC2)s1. The second kappa shape index (κ2) is 22.1. The Hall–Kier alpha value is -4.26. The molecule has 2 heterocycles. The second-order valence-electron chi connectivity index (χ2n) is 13.8. The van der Waals surface area contributed by atoms with E-state index < -0.39 is 6.09 Å². The maximum absolute atomic E-state index is 12.8. The average Bonchev–Trinajstić information content (AvgIpc) is 3.65. The number of likely N-dealkylation sites (N-methyl/N-ethyl adjacent to an activating group) is 1. The van der Waals surface area contributed by atoms with Crippen molar-refractivity contribution < 1.29 is 23.9 Å². The molecule has 0 bridgehead atoms. The number of amides is 4. The van der Waals surface area contributed by atoms with Gasteiger partial charge >= 0.3 is 6.09 Å². The first-order valence-corrected chi connectivity index (χ1v) is 19.8. The van der Waals surface area contributed by atoms with Crippen LogP contribution >= 0.6 is 11.3 Å². The van der Waals surface area contributed by atoms with E-state index in [1.807, 2.05) is 92.6 Å². The maximum atomic E-state index is 12.8. The lowest BCUT2D eigenvalue weighted by molar-refractivity contribution is -0.130. The molecule has 0 aliphatic carbocycles. The third kappa shape index (κ3) is 13.9. The van der Waals surface area contributed by atoms with Crippen molar-refractivity contribution in [1.82, 2.24) is 24.9 Å². The Morgan fingerprint density at radius 1 is 0.792 bits per heavy atom. The highest BCUT2D eigenvalue weighted by Crippen LogP contribution is 2.28. The fourth-order valence-corrected chi connectivity index (χ4v) is 7.31. The standard InChI is InChI=1S/C41H58N6O5S/c1-5-38(48)44(2)25-14-26-46(4)40(50)37-21-20-34(53-37)31-42-24-13-7-10-19-39(49)45(3)29-30-47-27-22-33(23-28-47)52-41(51)43-36-18-12-11-17-35(36)32-15-8-6-9-16-32/h6,8-9,11-12,15-18,20-21,33,42H,5,7,10,13-14,19,22-31H2,1-4H3,(H,43,51). The molecule has 11 nitrogen and oxygen atoms in total. The lowest BCUT2D eigenvalue weighted by Crippen LogP contribution is -2.42. The number of thiophene rings is 1. The van der Waals surface area contributed by atoms with Gasteiger partial charge in [0, 0.05) is 90.2 Å². The topological polar surface area (TPSA) is 115 Å². The average molecular weight is 747 g/mol. The molecule has 0 atom stereocenters. The van der Waals surface area contributed by atoms with E-state index in [4.69, 9.17) is 4.74 Å². The number of rotatable bonds is 20. The summed E-state index contributed by atoms with van der Waals surface area (Å²) in [5, 5.41) is 6.40. The number of ether oxygens (including phenoxy) is 1. The molecule has 1 aliphatic rings. The van der Waals surface area contributed by atoms with Gasteiger partial charge < -0.3 is 29.7 Å². The van der Waals surface area contributed by atoms with Crippen LogP contribution in [0.15, 0.2) is 66.7 Å². The molecular formula is C41H58N6O5S. The van der Waals surface area contributed by atoms with Crippen LogP contribution in [-0.4, -0.2) is 116 Å². The number of hydrogen-bond acceptors (Lipinski definition) is 8. The number of nitrogens with zero attached hydrogens (tertiary/aromatic N) is 4. The summed E-state index contributed by atoms with van der Waals surface area (Å²) in [5.41, 5.74) is 2.72. The minimum atomic E-state index is -0.430. The van der Waals surface area contributed by atoms with Crippen LogP contribution in [0.4, 0.5) is 10.5 Å². The van der Waals surface area contributed by atoms with Crippen LogP contribution in [-0.2, 0) is 20.9 Å². The monoisotopic (exact) mass is 746 g/mol. The highest BCUT2D eigenvalue weighted by atomic mass is 32.1. The van der Waals surface area contributed by atoms with Crippen molar-refractivity contribution in [3.63, 3.8) is 0 Å². The Bertz CT molecular complexity index is 1590. The summed E-state index contributed by atoms with van der Waals surface area (Å²) in [6.07, 6.45) is 5.59. The van der Waals surface area contributed by atoms with E-state index in [-0.39, 0.29) is 23.8 Å². The van der Waals surface area contributed by atoms with Crippen molar-refractivity contribution in [3.8, 4) is 11.1 Å². The number of unbranched alkanes of at least 4 members (excludes halogenated alkanes) is 2. The maximum Gasteiger partial charge on any atom is 0.411 e. The van der Waals surface area contributed by atoms with E-state index in [0.717, 1.165) is 91.3 Å². The minimum Gasteiger partial charge on any atom is -0.446 e. The molecule has 53 heavy (non-hydrogen) atoms. The summed E-state index contributed by atoms with van der Waals surface area (Å²) in [6, 6.07) is 21.6. The fraction of sp³-hybridized carbons (Fsp3) is 0.512. The lowest BCUT2D eigenvalue weighted by atomic mass is 10.0. The van der Waals surface area contributed by atoms with Gasteiger partial charge in [-0.2, -0.15) is 0 Å². The van der Waals surface area contributed by atoms with Crippen molar-refractivity contribution >= 4 is 40.8 Å². The highest BCUT2D eigenvalue weighted by molar-refractivity contribution is 7.14. The second-order valence-corrected chi connectivity index (χ2v) is 15.0. The van der Waals surface area contributed by atoms with E-state index >= 15 is 0 Å². The Kier molecular flexibility index (Phi) is 17.3. The van der Waals surface area contributed by atoms with Crippen LogP contribution in [0.2, 0.25) is 0 Å². The van der Waals surface area contributed by atoms with Crippen LogP contribution in [0.1, 0.15) is 72.8 Å². The van der Waals surface area contributed by atoms with E-state index in [2.05, 4.69) is 15.5 Å². The molecule has 0 spiro atoms. The van der Waals surface area contributed by atoms with Gasteiger partial charge in [0.15, 0.2) is 0 Å². The molecule has 0 saturated carbocycles. The quantitative estimate of drug-likeness (QED) is 0.126. The molecule has 0 radical (unpaired) electrons. The molecule has 288 valence electrons. The molecule has 1 fully saturated rings. The van der Waals surface area contributed by atoms with Crippen molar-refractivity contribution in [2.24, 2.45) is 0 Å². The number of para-hydroxylation sites is 1. The summed E-state index contributed by atoms with van der Waals surface area (Å²) in [7, 11) is 5.49. The smallest absolute Gasteiger partial charge is 0.411 e. The molecule has 12 heteroatoms. The predicted molar refractivity (Wildman–Crippen MR) is 213 cm³/mol. The van der Waals surface area contributed by atoms with E-state index in [9.17, 15) is 19.2 Å². The Morgan fingerprint density at radius 3 is 2.25 bits per heavy atom. The van der Waals surface area contributed by atoms with Gasteiger partial charge in [0.25, 0.3) is 5.91 Å². The van der Waals surface area contributed by atoms with Gasteiger partial charge in [-0.05, 0) is 62.4 Å². The van der Waals surface area contributed by atoms with Gasteiger partial charge in [0.05, 0.1) is 10.6 Å². The highest BCUT2D eigenvalue weighted by Gasteiger charge is 2.23.